The van der Waals surface area contributed by atoms with Crippen molar-refractivity contribution < 1.29 is 14.3 Å². The third-order valence-electron chi connectivity index (χ3n) is 4.40. The van der Waals surface area contributed by atoms with Crippen molar-refractivity contribution in [3.05, 3.63) is 70.7 Å². The maximum atomic E-state index is 14.0. The second-order valence-corrected chi connectivity index (χ2v) is 6.31. The normalized spacial score (nSPS) is 11.3. The van der Waals surface area contributed by atoms with Crippen LogP contribution < -0.4 is 5.32 Å². The number of nitrogens with one attached hydrogen (secondary N) is 2. The molecule has 1 amide bonds. The first-order valence-electron chi connectivity index (χ1n) is 8.47. The number of amides is 1. The van der Waals surface area contributed by atoms with Crippen LogP contribution in [0.25, 0.3) is 17.0 Å². The Kier molecular flexibility index (Phi) is 5.07. The van der Waals surface area contributed by atoms with Gasteiger partial charge in [-0.15, -0.1) is 0 Å². The minimum atomic E-state index is -0.266. The minimum absolute atomic E-state index is 0.157. The van der Waals surface area contributed by atoms with Gasteiger partial charge in [-0.2, -0.15) is 0 Å². The predicted octanol–water partition coefficient (Wildman–Crippen LogP) is 4.00. The predicted molar refractivity (Wildman–Crippen MR) is 102 cm³/mol. The maximum absolute atomic E-state index is 14.0. The summed E-state index contributed by atoms with van der Waals surface area (Å²) in [7, 11) is 0. The number of carbonyl (C=O) groups excluding carboxylic acids is 1. The Bertz CT molecular complexity index is 989. The van der Waals surface area contributed by atoms with Gasteiger partial charge in [0, 0.05) is 23.7 Å². The lowest BCUT2D eigenvalue weighted by Gasteiger charge is -2.05. The highest BCUT2D eigenvalue weighted by Crippen LogP contribution is 2.27. The molecule has 0 unspecified atom stereocenters. The largest absolute Gasteiger partial charge is 0.508 e. The van der Waals surface area contributed by atoms with Gasteiger partial charge in [-0.1, -0.05) is 18.2 Å². The summed E-state index contributed by atoms with van der Waals surface area (Å²) in [6, 6.07) is 9.91. The zero-order chi connectivity index (χ0) is 18.7. The quantitative estimate of drug-likeness (QED) is 0.608. The summed E-state index contributed by atoms with van der Waals surface area (Å²) in [5.41, 5.74) is 4.22. The highest BCUT2D eigenvalue weighted by molar-refractivity contribution is 5.92. The van der Waals surface area contributed by atoms with Gasteiger partial charge in [-0.3, -0.25) is 4.79 Å². The molecule has 0 atom stereocenters. The maximum Gasteiger partial charge on any atom is 0.244 e. The number of carbonyl (C=O) groups is 1. The molecule has 3 aromatic rings. The van der Waals surface area contributed by atoms with Crippen molar-refractivity contribution in [3.8, 4) is 5.75 Å². The molecule has 3 rings (SSSR count). The first-order chi connectivity index (χ1) is 12.5. The van der Waals surface area contributed by atoms with Gasteiger partial charge in [0.1, 0.15) is 11.6 Å². The van der Waals surface area contributed by atoms with Crippen LogP contribution >= 0.6 is 0 Å². The Balaban J connectivity index is 1.65. The number of fused-ring (bicyclic) bond motifs is 1. The number of aromatic hydroxyl groups is 1. The van der Waals surface area contributed by atoms with Crippen LogP contribution in [-0.2, 0) is 11.2 Å². The molecule has 0 aliphatic heterocycles. The molecule has 1 heterocycles. The van der Waals surface area contributed by atoms with Crippen molar-refractivity contribution in [1.82, 2.24) is 10.3 Å². The van der Waals surface area contributed by atoms with Gasteiger partial charge in [-0.25, -0.2) is 4.39 Å². The van der Waals surface area contributed by atoms with Crippen molar-refractivity contribution in [1.29, 1.82) is 0 Å². The Hall–Kier alpha value is -3.08. The van der Waals surface area contributed by atoms with E-state index in [2.05, 4.69) is 10.3 Å². The van der Waals surface area contributed by atoms with E-state index in [9.17, 15) is 14.3 Å². The molecule has 0 saturated heterocycles. The molecule has 0 bridgehead atoms. The number of benzene rings is 2. The second kappa shape index (κ2) is 7.44. The summed E-state index contributed by atoms with van der Waals surface area (Å²) in [5.74, 6) is -0.322. The first kappa shape index (κ1) is 17.7. The van der Waals surface area contributed by atoms with Gasteiger partial charge < -0.3 is 15.4 Å². The van der Waals surface area contributed by atoms with Gasteiger partial charge in [0.2, 0.25) is 5.91 Å². The third kappa shape index (κ3) is 3.77. The number of hydrogen-bond donors (Lipinski definition) is 3. The average Bonchev–Trinajstić information content (AvgIpc) is 2.94. The average molecular weight is 352 g/mol. The fraction of sp³-hybridized carbons (Fsp3) is 0.190. The number of phenols is 1. The Labute approximate surface area is 151 Å². The summed E-state index contributed by atoms with van der Waals surface area (Å²) in [6.07, 6.45) is 3.69. The number of aryl methyl sites for hydroxylation is 2. The molecule has 0 radical (unpaired) electrons. The molecule has 0 fully saturated rings. The van der Waals surface area contributed by atoms with E-state index in [4.69, 9.17) is 0 Å². The third-order valence-corrected chi connectivity index (χ3v) is 4.40. The van der Waals surface area contributed by atoms with E-state index >= 15 is 0 Å². The second-order valence-electron chi connectivity index (χ2n) is 6.31. The lowest BCUT2D eigenvalue weighted by atomic mass is 10.0. The summed E-state index contributed by atoms with van der Waals surface area (Å²) < 4.78 is 14.0. The van der Waals surface area contributed by atoms with Crippen LogP contribution in [0, 0.1) is 19.7 Å². The number of hydrogen-bond acceptors (Lipinski definition) is 2. The minimum Gasteiger partial charge on any atom is -0.508 e. The smallest absolute Gasteiger partial charge is 0.244 e. The van der Waals surface area contributed by atoms with E-state index < -0.39 is 0 Å². The molecule has 0 aliphatic carbocycles. The standard InChI is InChI=1S/C21H21FN2O2/c1-13-6-8-18(22)21-20(13)17(14(2)24-21)10-11-23-19(26)9-7-15-4-3-5-16(25)12-15/h3-9,12,24-25H,10-11H2,1-2H3,(H,23,26)/b9-7+. The van der Waals surface area contributed by atoms with Crippen LogP contribution in [0.3, 0.4) is 0 Å². The van der Waals surface area contributed by atoms with Crippen LogP contribution in [0.1, 0.15) is 22.4 Å². The molecular weight excluding hydrogens is 331 g/mol. The van der Waals surface area contributed by atoms with Gasteiger partial charge in [-0.05, 0) is 61.2 Å². The molecule has 0 saturated carbocycles. The fourth-order valence-corrected chi connectivity index (χ4v) is 3.13. The highest BCUT2D eigenvalue weighted by Gasteiger charge is 2.13. The molecule has 0 aliphatic rings. The molecule has 0 spiro atoms. The number of aromatic amines is 1. The molecule has 3 N–H and O–H groups in total. The SMILES string of the molecule is Cc1[nH]c2c(F)ccc(C)c2c1CCNC(=O)/C=C/c1cccc(O)c1. The van der Waals surface area contributed by atoms with Crippen molar-refractivity contribution in [3.63, 3.8) is 0 Å². The van der Waals surface area contributed by atoms with E-state index in [1.54, 1.807) is 36.4 Å². The fourth-order valence-electron chi connectivity index (χ4n) is 3.13. The molecular formula is C21H21FN2O2. The van der Waals surface area contributed by atoms with Crippen LogP contribution in [0.4, 0.5) is 4.39 Å². The number of rotatable bonds is 5. The molecule has 5 heteroatoms. The summed E-state index contributed by atoms with van der Waals surface area (Å²) in [6.45, 7) is 4.32. The van der Waals surface area contributed by atoms with Gasteiger partial charge >= 0.3 is 0 Å². The Morgan fingerprint density at radius 3 is 2.85 bits per heavy atom. The topological polar surface area (TPSA) is 65.1 Å². The summed E-state index contributed by atoms with van der Waals surface area (Å²) in [5, 5.41) is 13.1. The van der Waals surface area contributed by atoms with E-state index in [0.29, 0.717) is 18.5 Å². The van der Waals surface area contributed by atoms with E-state index in [1.165, 1.54) is 12.1 Å². The zero-order valence-electron chi connectivity index (χ0n) is 14.8. The number of phenolic OH excluding ortho intramolecular Hbond substituents is 1. The van der Waals surface area contributed by atoms with Gasteiger partial charge in [0.05, 0.1) is 5.52 Å². The lowest BCUT2D eigenvalue weighted by Crippen LogP contribution is -2.23. The Morgan fingerprint density at radius 2 is 2.08 bits per heavy atom. The summed E-state index contributed by atoms with van der Waals surface area (Å²) in [4.78, 5) is 15.1. The Morgan fingerprint density at radius 1 is 1.27 bits per heavy atom. The van der Waals surface area contributed by atoms with Crippen LogP contribution in [0.2, 0.25) is 0 Å². The molecule has 134 valence electrons. The van der Waals surface area contributed by atoms with Gasteiger partial charge in [0.15, 0.2) is 0 Å². The molecule has 4 nitrogen and oxygen atoms in total. The van der Waals surface area contributed by atoms with E-state index in [-0.39, 0.29) is 17.5 Å². The van der Waals surface area contributed by atoms with Crippen LogP contribution in [-0.4, -0.2) is 22.5 Å². The van der Waals surface area contributed by atoms with Crippen molar-refractivity contribution in [2.75, 3.05) is 6.54 Å². The number of aromatic nitrogens is 1. The van der Waals surface area contributed by atoms with Crippen molar-refractivity contribution >= 4 is 22.9 Å². The van der Waals surface area contributed by atoms with Crippen molar-refractivity contribution in [2.45, 2.75) is 20.3 Å². The van der Waals surface area contributed by atoms with Crippen molar-refractivity contribution in [2.24, 2.45) is 0 Å². The lowest BCUT2D eigenvalue weighted by molar-refractivity contribution is -0.116. The summed E-state index contributed by atoms with van der Waals surface area (Å²) >= 11 is 0. The highest BCUT2D eigenvalue weighted by atomic mass is 19.1. The monoisotopic (exact) mass is 352 g/mol. The number of halogens is 1. The molecule has 2 aromatic carbocycles. The first-order valence-corrected chi connectivity index (χ1v) is 8.47. The van der Waals surface area contributed by atoms with Gasteiger partial charge in [0.25, 0.3) is 0 Å². The molecule has 1 aromatic heterocycles. The van der Waals surface area contributed by atoms with Crippen LogP contribution in [0.5, 0.6) is 5.75 Å². The molecule has 26 heavy (non-hydrogen) atoms. The van der Waals surface area contributed by atoms with Crippen LogP contribution in [0.15, 0.2) is 42.5 Å². The number of H-pyrrole nitrogens is 1. The zero-order valence-corrected chi connectivity index (χ0v) is 14.8. The van der Waals surface area contributed by atoms with E-state index in [1.807, 2.05) is 13.8 Å². The van der Waals surface area contributed by atoms with E-state index in [0.717, 1.165) is 27.8 Å².